The van der Waals surface area contributed by atoms with Crippen molar-refractivity contribution >= 4 is 5.78 Å². The Morgan fingerprint density at radius 2 is 1.78 bits per heavy atom. The van der Waals surface area contributed by atoms with Crippen molar-refractivity contribution in [3.8, 4) is 0 Å². The molecule has 0 radical (unpaired) electrons. The van der Waals surface area contributed by atoms with Gasteiger partial charge in [0.25, 0.3) is 0 Å². The maximum atomic E-state index is 13.1. The minimum absolute atomic E-state index is 0.0293. The van der Waals surface area contributed by atoms with E-state index in [1.54, 1.807) is 6.08 Å². The van der Waals surface area contributed by atoms with E-state index in [9.17, 15) is 30.3 Å². The number of Topliss-reactive ketones (excluding diaryl/α,β-unsaturated/α-hetero) is 1. The van der Waals surface area contributed by atoms with Crippen molar-refractivity contribution in [2.75, 3.05) is 6.61 Å². The van der Waals surface area contributed by atoms with E-state index in [2.05, 4.69) is 39.8 Å². The van der Waals surface area contributed by atoms with Gasteiger partial charge in [-0.25, -0.2) is 0 Å². The third kappa shape index (κ3) is 11.0. The number of unbranched alkanes of at least 4 members (excludes halogenated alkanes) is 3. The molecule has 0 amide bonds. The Hall–Kier alpha value is -1.99. The van der Waals surface area contributed by atoms with Gasteiger partial charge in [0.2, 0.25) is 0 Å². The molecule has 41 heavy (non-hydrogen) atoms. The highest BCUT2D eigenvalue weighted by atomic mass is 16.3. The van der Waals surface area contributed by atoms with E-state index in [1.165, 1.54) is 43.8 Å². The van der Waals surface area contributed by atoms with E-state index in [0.717, 1.165) is 12.0 Å². The van der Waals surface area contributed by atoms with Crippen LogP contribution in [0.4, 0.5) is 0 Å². The third-order valence-corrected chi connectivity index (χ3v) is 8.81. The van der Waals surface area contributed by atoms with Crippen molar-refractivity contribution in [2.24, 2.45) is 29.6 Å². The van der Waals surface area contributed by atoms with Crippen molar-refractivity contribution in [3.63, 3.8) is 0 Å². The fourth-order valence-corrected chi connectivity index (χ4v) is 6.44. The average Bonchev–Trinajstić information content (AvgIpc) is 2.90. The fraction of sp³-hybridized carbons (Fsp3) is 0.686. The van der Waals surface area contributed by atoms with Crippen LogP contribution in [0.25, 0.3) is 0 Å². The zero-order chi connectivity index (χ0) is 30.7. The van der Waals surface area contributed by atoms with E-state index in [0.29, 0.717) is 17.9 Å². The molecule has 6 heteroatoms. The first-order valence-electron chi connectivity index (χ1n) is 15.7. The lowest BCUT2D eigenvalue weighted by molar-refractivity contribution is -0.118. The molecule has 0 aromatic carbocycles. The Morgan fingerprint density at radius 1 is 1.07 bits per heavy atom. The van der Waals surface area contributed by atoms with E-state index >= 15 is 0 Å². The number of ketones is 1. The molecule has 1 saturated carbocycles. The second-order valence-corrected chi connectivity index (χ2v) is 12.9. The van der Waals surface area contributed by atoms with Gasteiger partial charge in [-0.1, -0.05) is 101 Å². The molecule has 2 aliphatic carbocycles. The van der Waals surface area contributed by atoms with Gasteiger partial charge in [-0.3, -0.25) is 4.79 Å². The Labute approximate surface area is 248 Å². The first-order valence-corrected chi connectivity index (χ1v) is 15.7. The Morgan fingerprint density at radius 3 is 2.41 bits per heavy atom. The van der Waals surface area contributed by atoms with Crippen molar-refractivity contribution in [2.45, 2.75) is 118 Å². The molecule has 0 aliphatic heterocycles. The number of rotatable bonds is 15. The molecule has 232 valence electrons. The Balaban J connectivity index is 2.01. The summed E-state index contributed by atoms with van der Waals surface area (Å²) in [4.78, 5) is 13.1. The van der Waals surface area contributed by atoms with E-state index in [1.807, 2.05) is 19.9 Å². The van der Waals surface area contributed by atoms with Crippen LogP contribution in [0.2, 0.25) is 0 Å². The topological polar surface area (TPSA) is 118 Å². The molecule has 1 fully saturated rings. The second-order valence-electron chi connectivity index (χ2n) is 12.9. The summed E-state index contributed by atoms with van der Waals surface area (Å²) in [6.07, 6.45) is 14.8. The maximum absolute atomic E-state index is 13.1. The molecule has 2 rings (SSSR count). The summed E-state index contributed by atoms with van der Waals surface area (Å²) in [7, 11) is 0. The predicted molar refractivity (Wildman–Crippen MR) is 166 cm³/mol. The number of hydrogen-bond acceptors (Lipinski definition) is 6. The van der Waals surface area contributed by atoms with Crippen molar-refractivity contribution in [1.82, 2.24) is 0 Å². The maximum Gasteiger partial charge on any atom is 0.166 e. The van der Waals surface area contributed by atoms with Crippen LogP contribution in [0, 0.1) is 29.6 Å². The lowest BCUT2D eigenvalue weighted by Gasteiger charge is -2.38. The molecule has 0 saturated heterocycles. The molecule has 5 N–H and O–H groups in total. The van der Waals surface area contributed by atoms with Gasteiger partial charge in [-0.05, 0) is 56.9 Å². The standard InChI is InChI=1S/C35H56O6/c1-7-8-9-10-11-22(2)14-24(4)16-25(5)15-23(3)12-13-30(37)26(6)28-19-31(38)34(32(39)20-28)29-17-27(21-36)18-33(40)35(29)41/h12-13,15-16,19,22,25-27,29-30,33,35-38,40-41H,7-11,14,17-18,20-21H2,1-6H3. The molecule has 0 spiro atoms. The van der Waals surface area contributed by atoms with Crippen molar-refractivity contribution < 1.29 is 30.3 Å². The highest BCUT2D eigenvalue weighted by Crippen LogP contribution is 2.39. The molecular weight excluding hydrogens is 516 g/mol. The molecular formula is C35H56O6. The van der Waals surface area contributed by atoms with Gasteiger partial charge < -0.3 is 25.5 Å². The van der Waals surface area contributed by atoms with Crippen LogP contribution in [0.1, 0.15) is 99.3 Å². The minimum atomic E-state index is -1.17. The normalized spacial score (nSPS) is 27.7. The summed E-state index contributed by atoms with van der Waals surface area (Å²) in [5.74, 6) is -0.943. The zero-order valence-electron chi connectivity index (χ0n) is 26.2. The third-order valence-electron chi connectivity index (χ3n) is 8.81. The molecule has 0 aromatic rings. The number of allylic oxidation sites excluding steroid dienone is 6. The molecule has 0 heterocycles. The SMILES string of the molecule is CCCCCCC(C)CC(C)=CC(C)C=C(C)C=CC(O)C(C)C1=CC(O)=C(C2CC(CO)CC(O)C2O)C(=O)C1. The number of aliphatic hydroxyl groups excluding tert-OH is 5. The number of hydrogen-bond donors (Lipinski definition) is 5. The van der Waals surface area contributed by atoms with Gasteiger partial charge in [-0.15, -0.1) is 0 Å². The monoisotopic (exact) mass is 572 g/mol. The fourth-order valence-electron chi connectivity index (χ4n) is 6.44. The molecule has 6 nitrogen and oxygen atoms in total. The molecule has 0 aromatic heterocycles. The van der Waals surface area contributed by atoms with Crippen LogP contribution in [0.5, 0.6) is 0 Å². The van der Waals surface area contributed by atoms with Crippen LogP contribution < -0.4 is 0 Å². The van der Waals surface area contributed by atoms with Gasteiger partial charge in [0.15, 0.2) is 5.78 Å². The predicted octanol–water partition coefficient (Wildman–Crippen LogP) is 6.52. The smallest absolute Gasteiger partial charge is 0.166 e. The number of carbonyl (C=O) groups excluding carboxylic acids is 1. The summed E-state index contributed by atoms with van der Waals surface area (Å²) >= 11 is 0. The summed E-state index contributed by atoms with van der Waals surface area (Å²) in [6, 6.07) is 0. The van der Waals surface area contributed by atoms with Gasteiger partial charge in [0, 0.05) is 30.4 Å². The molecule has 8 atom stereocenters. The van der Waals surface area contributed by atoms with Crippen LogP contribution in [0.3, 0.4) is 0 Å². The van der Waals surface area contributed by atoms with Gasteiger partial charge in [-0.2, -0.15) is 0 Å². The highest BCUT2D eigenvalue weighted by molar-refractivity contribution is 5.99. The lowest BCUT2D eigenvalue weighted by atomic mass is 9.71. The number of aliphatic hydroxyl groups is 5. The summed E-state index contributed by atoms with van der Waals surface area (Å²) < 4.78 is 0. The van der Waals surface area contributed by atoms with E-state index in [-0.39, 0.29) is 48.4 Å². The minimum Gasteiger partial charge on any atom is -0.508 e. The highest BCUT2D eigenvalue weighted by Gasteiger charge is 2.42. The van der Waals surface area contributed by atoms with Crippen LogP contribution in [0.15, 0.2) is 58.4 Å². The molecule has 2 aliphatic rings. The zero-order valence-corrected chi connectivity index (χ0v) is 26.2. The average molecular weight is 573 g/mol. The summed E-state index contributed by atoms with van der Waals surface area (Å²) in [5.41, 5.74) is 3.18. The quantitative estimate of drug-likeness (QED) is 0.0867. The molecule has 0 bridgehead atoms. The van der Waals surface area contributed by atoms with Crippen LogP contribution in [-0.2, 0) is 4.79 Å². The Bertz CT molecular complexity index is 1000. The van der Waals surface area contributed by atoms with Crippen molar-refractivity contribution in [1.29, 1.82) is 0 Å². The second kappa shape index (κ2) is 17.2. The first kappa shape index (κ1) is 35.2. The van der Waals surface area contributed by atoms with Gasteiger partial charge >= 0.3 is 0 Å². The number of carbonyl (C=O) groups is 1. The van der Waals surface area contributed by atoms with Gasteiger partial charge in [0.1, 0.15) is 5.76 Å². The van der Waals surface area contributed by atoms with Crippen molar-refractivity contribution in [3.05, 3.63) is 58.4 Å². The summed E-state index contributed by atoms with van der Waals surface area (Å²) in [6.45, 7) is 12.6. The largest absolute Gasteiger partial charge is 0.508 e. The lowest BCUT2D eigenvalue weighted by Crippen LogP contribution is -2.44. The summed E-state index contributed by atoms with van der Waals surface area (Å²) in [5, 5.41) is 51.9. The van der Waals surface area contributed by atoms with Crippen LogP contribution in [-0.4, -0.2) is 56.2 Å². The first-order chi connectivity index (χ1) is 19.4. The van der Waals surface area contributed by atoms with E-state index < -0.39 is 30.1 Å². The van der Waals surface area contributed by atoms with Gasteiger partial charge in [0.05, 0.1) is 18.3 Å². The van der Waals surface area contributed by atoms with E-state index in [4.69, 9.17) is 0 Å². The Kier molecular flexibility index (Phi) is 14.8. The molecule has 8 unspecified atom stereocenters. The van der Waals surface area contributed by atoms with Crippen LogP contribution >= 0.6 is 0 Å².